The van der Waals surface area contributed by atoms with E-state index < -0.39 is 6.23 Å². The van der Waals surface area contributed by atoms with Crippen molar-refractivity contribution in [3.05, 3.63) is 30.3 Å². The minimum Gasteiger partial charge on any atom is -0.374 e. The highest BCUT2D eigenvalue weighted by atomic mass is 16.3. The number of nitrogens with one attached hydrogen (secondary N) is 1. The molecule has 17 heavy (non-hydrogen) atoms. The molecule has 0 saturated carbocycles. The van der Waals surface area contributed by atoms with Crippen LogP contribution >= 0.6 is 0 Å². The molecule has 2 N–H and O–H groups in total. The zero-order valence-electron chi connectivity index (χ0n) is 10.3. The van der Waals surface area contributed by atoms with Crippen molar-refractivity contribution in [2.75, 3.05) is 37.7 Å². The Morgan fingerprint density at radius 1 is 1.29 bits per heavy atom. The first-order valence-electron chi connectivity index (χ1n) is 6.20. The number of rotatable bonds is 4. The molecule has 1 unspecified atom stereocenters. The van der Waals surface area contributed by atoms with E-state index in [0.29, 0.717) is 0 Å². The van der Waals surface area contributed by atoms with E-state index in [1.165, 1.54) is 0 Å². The summed E-state index contributed by atoms with van der Waals surface area (Å²) in [6, 6.07) is 10.1. The van der Waals surface area contributed by atoms with Crippen LogP contribution < -0.4 is 10.2 Å². The van der Waals surface area contributed by atoms with E-state index in [1.54, 1.807) is 0 Å². The molecule has 0 radical (unpaired) electrons. The smallest absolute Gasteiger partial charge is 0.125 e. The summed E-state index contributed by atoms with van der Waals surface area (Å²) < 4.78 is 0. The quantitative estimate of drug-likeness (QED) is 0.753. The molecule has 0 aliphatic carbocycles. The van der Waals surface area contributed by atoms with Gasteiger partial charge in [0.05, 0.1) is 6.67 Å². The Morgan fingerprint density at radius 3 is 2.53 bits per heavy atom. The third-order valence-electron chi connectivity index (χ3n) is 3.10. The molecule has 1 aromatic carbocycles. The van der Waals surface area contributed by atoms with Gasteiger partial charge in [0.25, 0.3) is 0 Å². The molecule has 1 atom stereocenters. The molecule has 94 valence electrons. The summed E-state index contributed by atoms with van der Waals surface area (Å²) in [5.41, 5.74) is 1.07. The summed E-state index contributed by atoms with van der Waals surface area (Å²) in [4.78, 5) is 4.38. The zero-order chi connectivity index (χ0) is 12.1. The van der Waals surface area contributed by atoms with Gasteiger partial charge in [-0.25, -0.2) is 0 Å². The Morgan fingerprint density at radius 2 is 1.94 bits per heavy atom. The average Bonchev–Trinajstić information content (AvgIpc) is 2.38. The number of anilines is 1. The predicted octanol–water partition coefficient (Wildman–Crippen LogP) is 0.694. The normalized spacial score (nSPS) is 18.9. The Balaban J connectivity index is 2.02. The Hall–Kier alpha value is -1.10. The molecule has 2 rings (SSSR count). The van der Waals surface area contributed by atoms with E-state index in [0.717, 1.165) is 38.5 Å². The van der Waals surface area contributed by atoms with Crippen LogP contribution in [-0.4, -0.2) is 49.1 Å². The predicted molar refractivity (Wildman–Crippen MR) is 69.9 cm³/mol. The lowest BCUT2D eigenvalue weighted by molar-refractivity contribution is 0.152. The highest BCUT2D eigenvalue weighted by Gasteiger charge is 2.17. The molecule has 1 aliphatic heterocycles. The van der Waals surface area contributed by atoms with E-state index in [1.807, 2.05) is 42.2 Å². The number of aliphatic hydroxyl groups excluding tert-OH is 1. The van der Waals surface area contributed by atoms with Gasteiger partial charge in [0.2, 0.25) is 0 Å². The van der Waals surface area contributed by atoms with E-state index in [9.17, 15) is 5.11 Å². The molecule has 4 nitrogen and oxygen atoms in total. The third kappa shape index (κ3) is 3.43. The maximum Gasteiger partial charge on any atom is 0.125 e. The highest BCUT2D eigenvalue weighted by molar-refractivity contribution is 5.46. The van der Waals surface area contributed by atoms with Gasteiger partial charge in [-0.1, -0.05) is 18.2 Å². The first-order chi connectivity index (χ1) is 8.27. The van der Waals surface area contributed by atoms with Gasteiger partial charge >= 0.3 is 0 Å². The minimum atomic E-state index is -0.465. The summed E-state index contributed by atoms with van der Waals surface area (Å²) >= 11 is 0. The highest BCUT2D eigenvalue weighted by Crippen LogP contribution is 2.16. The van der Waals surface area contributed by atoms with Crippen LogP contribution in [0.4, 0.5) is 5.69 Å². The standard InChI is InChI=1S/C13H21N3O/c1-12(17)16(13-5-3-2-4-6-13)11-15-9-7-14-8-10-15/h2-6,12,14,17H,7-11H2,1H3. The van der Waals surface area contributed by atoms with E-state index in [2.05, 4.69) is 10.2 Å². The molecule has 0 bridgehead atoms. The van der Waals surface area contributed by atoms with Crippen LogP contribution in [-0.2, 0) is 0 Å². The molecule has 0 aromatic heterocycles. The fraction of sp³-hybridized carbons (Fsp3) is 0.538. The van der Waals surface area contributed by atoms with Gasteiger partial charge in [-0.05, 0) is 19.1 Å². The van der Waals surface area contributed by atoms with Gasteiger partial charge in [-0.15, -0.1) is 0 Å². The molecule has 1 saturated heterocycles. The van der Waals surface area contributed by atoms with Crippen molar-refractivity contribution in [1.82, 2.24) is 10.2 Å². The van der Waals surface area contributed by atoms with Crippen LogP contribution in [0.2, 0.25) is 0 Å². The number of para-hydroxylation sites is 1. The van der Waals surface area contributed by atoms with Crippen LogP contribution in [0.15, 0.2) is 30.3 Å². The van der Waals surface area contributed by atoms with Crippen molar-refractivity contribution < 1.29 is 5.11 Å². The van der Waals surface area contributed by atoms with Crippen LogP contribution in [0.25, 0.3) is 0 Å². The number of piperazine rings is 1. The van der Waals surface area contributed by atoms with Gasteiger partial charge in [0.1, 0.15) is 6.23 Å². The molecular weight excluding hydrogens is 214 g/mol. The second kappa shape index (κ2) is 6.00. The number of benzene rings is 1. The number of aliphatic hydroxyl groups is 1. The first kappa shape index (κ1) is 12.4. The first-order valence-corrected chi connectivity index (χ1v) is 6.20. The summed E-state index contributed by atoms with van der Waals surface area (Å²) in [5, 5.41) is 13.2. The van der Waals surface area contributed by atoms with Crippen LogP contribution in [0, 0.1) is 0 Å². The zero-order valence-corrected chi connectivity index (χ0v) is 10.3. The van der Waals surface area contributed by atoms with E-state index >= 15 is 0 Å². The lowest BCUT2D eigenvalue weighted by atomic mass is 10.3. The number of nitrogens with zero attached hydrogens (tertiary/aromatic N) is 2. The fourth-order valence-corrected chi connectivity index (χ4v) is 2.10. The lowest BCUT2D eigenvalue weighted by Gasteiger charge is -2.36. The maximum absolute atomic E-state index is 9.88. The van der Waals surface area contributed by atoms with Gasteiger partial charge in [0, 0.05) is 31.9 Å². The molecule has 1 fully saturated rings. The fourth-order valence-electron chi connectivity index (χ4n) is 2.10. The van der Waals surface area contributed by atoms with Gasteiger partial charge < -0.3 is 15.3 Å². The molecule has 0 amide bonds. The molecule has 1 aliphatic rings. The SMILES string of the molecule is CC(O)N(CN1CCNCC1)c1ccccc1. The van der Waals surface area contributed by atoms with Crippen molar-refractivity contribution in [1.29, 1.82) is 0 Å². The van der Waals surface area contributed by atoms with Gasteiger partial charge in [-0.3, -0.25) is 4.90 Å². The molecule has 0 spiro atoms. The lowest BCUT2D eigenvalue weighted by Crippen LogP contribution is -2.50. The molecule has 1 heterocycles. The second-order valence-corrected chi connectivity index (χ2v) is 4.45. The maximum atomic E-state index is 9.88. The summed E-state index contributed by atoms with van der Waals surface area (Å²) in [7, 11) is 0. The van der Waals surface area contributed by atoms with Crippen molar-refractivity contribution in [2.24, 2.45) is 0 Å². The van der Waals surface area contributed by atoms with Crippen LogP contribution in [0.1, 0.15) is 6.92 Å². The second-order valence-electron chi connectivity index (χ2n) is 4.45. The van der Waals surface area contributed by atoms with Crippen molar-refractivity contribution in [2.45, 2.75) is 13.2 Å². The van der Waals surface area contributed by atoms with E-state index in [4.69, 9.17) is 0 Å². The van der Waals surface area contributed by atoms with Crippen molar-refractivity contribution in [3.63, 3.8) is 0 Å². The summed E-state index contributed by atoms with van der Waals surface area (Å²) in [5.74, 6) is 0. The van der Waals surface area contributed by atoms with Crippen molar-refractivity contribution in [3.8, 4) is 0 Å². The minimum absolute atomic E-state index is 0.465. The summed E-state index contributed by atoms with van der Waals surface area (Å²) in [6.45, 7) is 6.73. The molecular formula is C13H21N3O. The number of hydrogen-bond donors (Lipinski definition) is 2. The largest absolute Gasteiger partial charge is 0.374 e. The van der Waals surface area contributed by atoms with Crippen molar-refractivity contribution >= 4 is 5.69 Å². The monoisotopic (exact) mass is 235 g/mol. The van der Waals surface area contributed by atoms with E-state index in [-0.39, 0.29) is 0 Å². The molecule has 1 aromatic rings. The molecule has 4 heteroatoms. The Labute approximate surface area is 103 Å². The third-order valence-corrected chi connectivity index (χ3v) is 3.10. The summed E-state index contributed by atoms with van der Waals surface area (Å²) in [6.07, 6.45) is -0.465. The van der Waals surface area contributed by atoms with Crippen LogP contribution in [0.3, 0.4) is 0 Å². The average molecular weight is 235 g/mol. The van der Waals surface area contributed by atoms with Crippen LogP contribution in [0.5, 0.6) is 0 Å². The Bertz CT molecular complexity index is 323. The Kier molecular flexibility index (Phi) is 4.36. The number of hydrogen-bond acceptors (Lipinski definition) is 4. The topological polar surface area (TPSA) is 38.7 Å². The van der Waals surface area contributed by atoms with Gasteiger partial charge in [-0.2, -0.15) is 0 Å². The van der Waals surface area contributed by atoms with Gasteiger partial charge in [0.15, 0.2) is 0 Å².